The topological polar surface area (TPSA) is 53.0 Å². The second-order valence-corrected chi connectivity index (χ2v) is 8.44. The number of hydrogen-bond acceptors (Lipinski definition) is 4. The minimum absolute atomic E-state index is 0.265. The maximum Gasteiger partial charge on any atom is 0.310 e. The SMILES string of the molecule is CC1(C)CN(c2cccc(N3CC(C(=O)O)C3)c2)c2ccc(Br)cc2O1. The number of carboxylic acids is 1. The van der Waals surface area contributed by atoms with E-state index in [0.29, 0.717) is 13.1 Å². The lowest BCUT2D eigenvalue weighted by molar-refractivity contribution is -0.142. The summed E-state index contributed by atoms with van der Waals surface area (Å²) in [6, 6.07) is 14.4. The normalized spacial score (nSPS) is 18.7. The van der Waals surface area contributed by atoms with Crippen molar-refractivity contribution in [2.75, 3.05) is 29.4 Å². The van der Waals surface area contributed by atoms with Crippen LogP contribution in [-0.4, -0.2) is 36.3 Å². The van der Waals surface area contributed by atoms with Crippen molar-refractivity contribution in [2.24, 2.45) is 5.92 Å². The van der Waals surface area contributed by atoms with Crippen LogP contribution in [0.1, 0.15) is 13.8 Å². The molecule has 0 unspecified atom stereocenters. The Morgan fingerprint density at radius 2 is 1.92 bits per heavy atom. The molecule has 4 rings (SSSR count). The van der Waals surface area contributed by atoms with Gasteiger partial charge in [0.2, 0.25) is 0 Å². The third kappa shape index (κ3) is 3.14. The fourth-order valence-electron chi connectivity index (χ4n) is 3.52. The minimum atomic E-state index is -0.716. The van der Waals surface area contributed by atoms with Crippen LogP contribution in [-0.2, 0) is 4.79 Å². The Hall–Kier alpha value is -2.21. The highest BCUT2D eigenvalue weighted by Gasteiger charge is 2.35. The molecule has 0 bridgehead atoms. The predicted molar refractivity (Wildman–Crippen MR) is 106 cm³/mol. The van der Waals surface area contributed by atoms with Crippen LogP contribution in [0, 0.1) is 5.92 Å². The average molecular weight is 417 g/mol. The number of anilines is 3. The number of benzene rings is 2. The van der Waals surface area contributed by atoms with Crippen molar-refractivity contribution < 1.29 is 14.6 Å². The van der Waals surface area contributed by atoms with Crippen molar-refractivity contribution in [3.8, 4) is 5.75 Å². The molecule has 2 aromatic carbocycles. The van der Waals surface area contributed by atoms with Crippen molar-refractivity contribution in [1.29, 1.82) is 0 Å². The summed E-state index contributed by atoms with van der Waals surface area (Å²) >= 11 is 3.52. The van der Waals surface area contributed by atoms with E-state index in [1.54, 1.807) is 0 Å². The number of aliphatic carboxylic acids is 1. The zero-order valence-corrected chi connectivity index (χ0v) is 16.4. The molecule has 0 radical (unpaired) electrons. The van der Waals surface area contributed by atoms with E-state index in [1.807, 2.05) is 24.3 Å². The monoisotopic (exact) mass is 416 g/mol. The third-order valence-corrected chi connectivity index (χ3v) is 5.37. The Kier molecular flexibility index (Phi) is 4.10. The zero-order chi connectivity index (χ0) is 18.5. The lowest BCUT2D eigenvalue weighted by Crippen LogP contribution is -2.50. The fourth-order valence-corrected chi connectivity index (χ4v) is 3.86. The van der Waals surface area contributed by atoms with Gasteiger partial charge in [-0.2, -0.15) is 0 Å². The second kappa shape index (κ2) is 6.20. The molecular formula is C20H21BrN2O3. The van der Waals surface area contributed by atoms with Gasteiger partial charge in [0, 0.05) is 28.9 Å². The molecule has 136 valence electrons. The first-order valence-corrected chi connectivity index (χ1v) is 9.46. The van der Waals surface area contributed by atoms with Gasteiger partial charge in [-0.25, -0.2) is 0 Å². The molecule has 2 heterocycles. The number of rotatable bonds is 3. The zero-order valence-electron chi connectivity index (χ0n) is 14.8. The number of carbonyl (C=O) groups is 1. The summed E-state index contributed by atoms with van der Waals surface area (Å²) in [6.45, 7) is 6.04. The van der Waals surface area contributed by atoms with E-state index in [2.05, 4.69) is 57.8 Å². The Bertz CT molecular complexity index is 862. The highest BCUT2D eigenvalue weighted by atomic mass is 79.9. The van der Waals surface area contributed by atoms with E-state index in [0.717, 1.165) is 33.8 Å². The number of halogens is 1. The van der Waals surface area contributed by atoms with Crippen molar-refractivity contribution in [3.05, 3.63) is 46.9 Å². The molecule has 1 saturated heterocycles. The number of ether oxygens (including phenoxy) is 1. The van der Waals surface area contributed by atoms with E-state index < -0.39 is 5.97 Å². The van der Waals surface area contributed by atoms with E-state index in [4.69, 9.17) is 9.84 Å². The maximum atomic E-state index is 11.1. The van der Waals surface area contributed by atoms with Gasteiger partial charge in [0.15, 0.2) is 0 Å². The summed E-state index contributed by atoms with van der Waals surface area (Å²) in [5, 5.41) is 9.09. The summed E-state index contributed by atoms with van der Waals surface area (Å²) < 4.78 is 7.14. The van der Waals surface area contributed by atoms with Crippen molar-refractivity contribution in [3.63, 3.8) is 0 Å². The molecule has 1 N–H and O–H groups in total. The lowest BCUT2D eigenvalue weighted by atomic mass is 9.99. The Morgan fingerprint density at radius 3 is 2.65 bits per heavy atom. The first-order chi connectivity index (χ1) is 12.3. The van der Waals surface area contributed by atoms with Crippen molar-refractivity contribution in [2.45, 2.75) is 19.4 Å². The predicted octanol–water partition coefficient (Wildman–Crippen LogP) is 4.28. The number of nitrogens with zero attached hydrogens (tertiary/aromatic N) is 2. The van der Waals surface area contributed by atoms with E-state index in [1.165, 1.54) is 0 Å². The lowest BCUT2D eigenvalue weighted by Gasteiger charge is -2.42. The molecule has 0 spiro atoms. The van der Waals surface area contributed by atoms with Crippen LogP contribution >= 0.6 is 15.9 Å². The fraction of sp³-hybridized carbons (Fsp3) is 0.350. The van der Waals surface area contributed by atoms with Gasteiger partial charge in [-0.1, -0.05) is 22.0 Å². The molecule has 5 nitrogen and oxygen atoms in total. The van der Waals surface area contributed by atoms with E-state index in [-0.39, 0.29) is 11.5 Å². The van der Waals surface area contributed by atoms with Crippen LogP contribution in [0.2, 0.25) is 0 Å². The molecule has 1 fully saturated rings. The van der Waals surface area contributed by atoms with E-state index in [9.17, 15) is 4.79 Å². The van der Waals surface area contributed by atoms with Gasteiger partial charge in [0.1, 0.15) is 11.4 Å². The highest BCUT2D eigenvalue weighted by Crippen LogP contribution is 2.43. The maximum absolute atomic E-state index is 11.1. The van der Waals surface area contributed by atoms with Gasteiger partial charge in [0.05, 0.1) is 18.2 Å². The molecule has 0 amide bonds. The van der Waals surface area contributed by atoms with Gasteiger partial charge >= 0.3 is 5.97 Å². The summed E-state index contributed by atoms with van der Waals surface area (Å²) in [7, 11) is 0. The summed E-state index contributed by atoms with van der Waals surface area (Å²) in [6.07, 6.45) is 0. The van der Waals surface area contributed by atoms with Crippen molar-refractivity contribution in [1.82, 2.24) is 0 Å². The third-order valence-electron chi connectivity index (χ3n) is 4.88. The first kappa shape index (κ1) is 17.2. The van der Waals surface area contributed by atoms with Gasteiger partial charge in [-0.3, -0.25) is 4.79 Å². The molecule has 0 aromatic heterocycles. The molecular weight excluding hydrogens is 396 g/mol. The summed E-state index contributed by atoms with van der Waals surface area (Å²) in [4.78, 5) is 15.4. The summed E-state index contributed by atoms with van der Waals surface area (Å²) in [5.41, 5.74) is 2.87. The molecule has 2 aliphatic rings. The van der Waals surface area contributed by atoms with Gasteiger partial charge < -0.3 is 19.6 Å². The van der Waals surface area contributed by atoms with Gasteiger partial charge in [-0.05, 0) is 50.2 Å². The van der Waals surface area contributed by atoms with Crippen molar-refractivity contribution >= 4 is 39.0 Å². The van der Waals surface area contributed by atoms with Crippen LogP contribution in [0.25, 0.3) is 0 Å². The summed E-state index contributed by atoms with van der Waals surface area (Å²) in [5.74, 6) is -0.123. The number of hydrogen-bond donors (Lipinski definition) is 1. The van der Waals surface area contributed by atoms with E-state index >= 15 is 0 Å². The first-order valence-electron chi connectivity index (χ1n) is 8.66. The Labute approximate surface area is 161 Å². The number of fused-ring (bicyclic) bond motifs is 1. The molecule has 0 atom stereocenters. The minimum Gasteiger partial charge on any atom is -0.484 e. The standard InChI is InChI=1S/C20H21BrN2O3/c1-20(2)12-23(17-7-6-14(21)8-18(17)26-20)16-5-3-4-15(9-16)22-10-13(11-22)19(24)25/h3-9,13H,10-12H2,1-2H3,(H,24,25). The van der Waals surface area contributed by atoms with Gasteiger partial charge in [-0.15, -0.1) is 0 Å². The Balaban J connectivity index is 1.66. The second-order valence-electron chi connectivity index (χ2n) is 7.52. The Morgan fingerprint density at radius 1 is 1.19 bits per heavy atom. The molecule has 6 heteroatoms. The molecule has 2 aromatic rings. The van der Waals surface area contributed by atoms with Crippen LogP contribution < -0.4 is 14.5 Å². The highest BCUT2D eigenvalue weighted by molar-refractivity contribution is 9.10. The smallest absolute Gasteiger partial charge is 0.310 e. The average Bonchev–Trinajstić information content (AvgIpc) is 2.51. The molecule has 26 heavy (non-hydrogen) atoms. The van der Waals surface area contributed by atoms with Crippen LogP contribution in [0.5, 0.6) is 5.75 Å². The molecule has 0 aliphatic carbocycles. The molecule has 2 aliphatic heterocycles. The number of carboxylic acid groups (broad SMARTS) is 1. The van der Waals surface area contributed by atoms with Crippen LogP contribution in [0.15, 0.2) is 46.9 Å². The molecule has 0 saturated carbocycles. The van der Waals surface area contributed by atoms with Crippen LogP contribution in [0.3, 0.4) is 0 Å². The largest absolute Gasteiger partial charge is 0.484 e. The van der Waals surface area contributed by atoms with Gasteiger partial charge in [0.25, 0.3) is 0 Å². The van der Waals surface area contributed by atoms with Crippen LogP contribution in [0.4, 0.5) is 17.1 Å². The quantitative estimate of drug-likeness (QED) is 0.808.